The van der Waals surface area contributed by atoms with E-state index in [0.717, 1.165) is 12.1 Å². The highest BCUT2D eigenvalue weighted by molar-refractivity contribution is 6.34. The van der Waals surface area contributed by atoms with Gasteiger partial charge in [0.1, 0.15) is 0 Å². The number of carboxylic acids is 1. The molecule has 2 N–H and O–H groups in total. The Bertz CT molecular complexity index is 541. The summed E-state index contributed by atoms with van der Waals surface area (Å²) in [5.74, 6) is -1.96. The normalized spacial score (nSPS) is 10.3. The van der Waals surface area contributed by atoms with Crippen molar-refractivity contribution in [3.05, 3.63) is 45.5 Å². The fraction of sp³-hybridized carbons (Fsp3) is 0. The van der Waals surface area contributed by atoms with Crippen molar-refractivity contribution in [3.8, 4) is 0 Å². The molecule has 0 bridgehead atoms. The minimum atomic E-state index is -1.26. The summed E-state index contributed by atoms with van der Waals surface area (Å²) < 4.78 is 0. The van der Waals surface area contributed by atoms with Crippen LogP contribution < -0.4 is 5.32 Å². The number of nitro benzene ring substituents is 1. The molecule has 0 aliphatic rings. The van der Waals surface area contributed by atoms with Crippen LogP contribution in [0.5, 0.6) is 0 Å². The van der Waals surface area contributed by atoms with Crippen LogP contribution in [0.3, 0.4) is 0 Å². The van der Waals surface area contributed by atoms with E-state index in [1.165, 1.54) is 12.1 Å². The molecule has 1 aromatic carbocycles. The van der Waals surface area contributed by atoms with Crippen LogP contribution in [-0.2, 0) is 9.59 Å². The van der Waals surface area contributed by atoms with Crippen molar-refractivity contribution in [1.82, 2.24) is 0 Å². The van der Waals surface area contributed by atoms with Gasteiger partial charge in [-0.1, -0.05) is 11.6 Å². The third-order valence-electron chi connectivity index (χ3n) is 1.80. The number of carbonyl (C=O) groups is 2. The van der Waals surface area contributed by atoms with Gasteiger partial charge in [-0.15, -0.1) is 0 Å². The summed E-state index contributed by atoms with van der Waals surface area (Å²) >= 11 is 5.72. The van der Waals surface area contributed by atoms with E-state index < -0.39 is 16.8 Å². The molecule has 0 unspecified atom stereocenters. The number of aliphatic carboxylic acids is 1. The number of non-ortho nitro benzene ring substituents is 1. The number of benzene rings is 1. The number of amides is 1. The van der Waals surface area contributed by atoms with E-state index in [9.17, 15) is 19.7 Å². The molecule has 7 nitrogen and oxygen atoms in total. The standard InChI is InChI=1S/C10H7ClN2O5/c11-7-5-6(13(17)18)1-2-8(7)12-9(14)3-4-10(15)16/h1-5H,(H,12,14)(H,15,16). The predicted octanol–water partition coefficient (Wildman–Crippen LogP) is 1.83. The molecule has 1 amide bonds. The zero-order valence-corrected chi connectivity index (χ0v) is 9.55. The average molecular weight is 271 g/mol. The number of hydrogen-bond donors (Lipinski definition) is 2. The highest BCUT2D eigenvalue weighted by Gasteiger charge is 2.10. The maximum Gasteiger partial charge on any atom is 0.328 e. The first-order valence-corrected chi connectivity index (χ1v) is 4.94. The van der Waals surface area contributed by atoms with Crippen molar-refractivity contribution in [3.63, 3.8) is 0 Å². The van der Waals surface area contributed by atoms with Crippen molar-refractivity contribution in [2.75, 3.05) is 5.32 Å². The van der Waals surface area contributed by atoms with Crippen molar-refractivity contribution < 1.29 is 19.6 Å². The minimum Gasteiger partial charge on any atom is -0.478 e. The van der Waals surface area contributed by atoms with Crippen LogP contribution in [0.2, 0.25) is 5.02 Å². The molecule has 1 aromatic rings. The molecule has 0 saturated carbocycles. The van der Waals surface area contributed by atoms with Crippen LogP contribution in [-0.4, -0.2) is 21.9 Å². The lowest BCUT2D eigenvalue weighted by Crippen LogP contribution is -2.09. The van der Waals surface area contributed by atoms with Gasteiger partial charge in [-0.3, -0.25) is 14.9 Å². The van der Waals surface area contributed by atoms with Crippen molar-refractivity contribution in [2.24, 2.45) is 0 Å². The van der Waals surface area contributed by atoms with Crippen LogP contribution in [0.25, 0.3) is 0 Å². The number of nitrogens with one attached hydrogen (secondary N) is 1. The Morgan fingerprint density at radius 1 is 1.39 bits per heavy atom. The monoisotopic (exact) mass is 270 g/mol. The molecule has 0 atom stereocenters. The number of carbonyl (C=O) groups excluding carboxylic acids is 1. The Labute approximate surface area is 106 Å². The number of rotatable bonds is 4. The predicted molar refractivity (Wildman–Crippen MR) is 63.5 cm³/mol. The van der Waals surface area contributed by atoms with E-state index in [-0.39, 0.29) is 16.4 Å². The summed E-state index contributed by atoms with van der Waals surface area (Å²) in [6.45, 7) is 0. The molecular weight excluding hydrogens is 264 g/mol. The highest BCUT2D eigenvalue weighted by Crippen LogP contribution is 2.26. The van der Waals surface area contributed by atoms with Gasteiger partial charge < -0.3 is 10.4 Å². The van der Waals surface area contributed by atoms with Crippen LogP contribution in [0, 0.1) is 10.1 Å². The summed E-state index contributed by atoms with van der Waals surface area (Å²) in [5, 5.41) is 21.0. The smallest absolute Gasteiger partial charge is 0.328 e. The van der Waals surface area contributed by atoms with Gasteiger partial charge in [0, 0.05) is 24.3 Å². The topological polar surface area (TPSA) is 110 Å². The van der Waals surface area contributed by atoms with Gasteiger partial charge in [0.2, 0.25) is 5.91 Å². The van der Waals surface area contributed by atoms with Gasteiger partial charge in [0.25, 0.3) is 5.69 Å². The van der Waals surface area contributed by atoms with Crippen LogP contribution >= 0.6 is 11.6 Å². The van der Waals surface area contributed by atoms with Crippen LogP contribution in [0.4, 0.5) is 11.4 Å². The Morgan fingerprint density at radius 2 is 2.06 bits per heavy atom. The van der Waals surface area contributed by atoms with Crippen molar-refractivity contribution in [2.45, 2.75) is 0 Å². The van der Waals surface area contributed by atoms with Gasteiger partial charge in [0.15, 0.2) is 0 Å². The van der Waals surface area contributed by atoms with Gasteiger partial charge in [-0.25, -0.2) is 4.79 Å². The Balaban J connectivity index is 2.83. The molecule has 0 heterocycles. The summed E-state index contributed by atoms with van der Waals surface area (Å²) in [6, 6.07) is 3.51. The third kappa shape index (κ3) is 3.87. The summed E-state index contributed by atoms with van der Waals surface area (Å²) in [4.78, 5) is 31.2. The maximum absolute atomic E-state index is 11.2. The second-order valence-corrected chi connectivity index (χ2v) is 3.49. The molecule has 8 heteroatoms. The van der Waals surface area contributed by atoms with E-state index in [0.29, 0.717) is 6.08 Å². The average Bonchev–Trinajstić information content (AvgIpc) is 2.29. The van der Waals surface area contributed by atoms with E-state index >= 15 is 0 Å². The van der Waals surface area contributed by atoms with Gasteiger partial charge in [-0.2, -0.15) is 0 Å². The second-order valence-electron chi connectivity index (χ2n) is 3.08. The lowest BCUT2D eigenvalue weighted by molar-refractivity contribution is -0.384. The number of carboxylic acid groups (broad SMARTS) is 1. The second kappa shape index (κ2) is 5.78. The SMILES string of the molecule is O=C(O)C=CC(=O)Nc1ccc([N+](=O)[O-])cc1Cl. The molecule has 1 rings (SSSR count). The quantitative estimate of drug-likeness (QED) is 0.493. The largest absolute Gasteiger partial charge is 0.478 e. The summed E-state index contributed by atoms with van der Waals surface area (Å²) in [7, 11) is 0. The number of halogens is 1. The Kier molecular flexibility index (Phi) is 4.39. The lowest BCUT2D eigenvalue weighted by Gasteiger charge is -2.04. The molecule has 0 aliphatic carbocycles. The van der Waals surface area contributed by atoms with Gasteiger partial charge >= 0.3 is 5.97 Å². The number of nitro groups is 1. The highest BCUT2D eigenvalue weighted by atomic mass is 35.5. The van der Waals surface area contributed by atoms with E-state index in [1.807, 2.05) is 0 Å². The number of hydrogen-bond acceptors (Lipinski definition) is 4. The molecular formula is C10H7ClN2O5. The van der Waals surface area contributed by atoms with Gasteiger partial charge in [0.05, 0.1) is 15.6 Å². The summed E-state index contributed by atoms with van der Waals surface area (Å²) in [5.41, 5.74) is -0.0543. The molecule has 18 heavy (non-hydrogen) atoms. The lowest BCUT2D eigenvalue weighted by atomic mass is 10.3. The van der Waals surface area contributed by atoms with E-state index in [4.69, 9.17) is 16.7 Å². The zero-order chi connectivity index (χ0) is 13.7. The first kappa shape index (κ1) is 13.7. The Morgan fingerprint density at radius 3 is 2.56 bits per heavy atom. The van der Waals surface area contributed by atoms with Crippen LogP contribution in [0.15, 0.2) is 30.4 Å². The molecule has 0 fully saturated rings. The maximum atomic E-state index is 11.2. The number of nitrogens with zero attached hydrogens (tertiary/aromatic N) is 1. The van der Waals surface area contributed by atoms with Crippen molar-refractivity contribution in [1.29, 1.82) is 0 Å². The molecule has 0 spiro atoms. The van der Waals surface area contributed by atoms with Gasteiger partial charge in [-0.05, 0) is 6.07 Å². The summed E-state index contributed by atoms with van der Waals surface area (Å²) in [6.07, 6.45) is 1.47. The zero-order valence-electron chi connectivity index (χ0n) is 8.79. The number of anilines is 1. The molecule has 0 radical (unpaired) electrons. The molecule has 0 aromatic heterocycles. The molecule has 94 valence electrons. The minimum absolute atomic E-state index is 0.0127. The van der Waals surface area contributed by atoms with Crippen LogP contribution in [0.1, 0.15) is 0 Å². The first-order valence-electron chi connectivity index (χ1n) is 4.56. The third-order valence-corrected chi connectivity index (χ3v) is 2.11. The van der Waals surface area contributed by atoms with E-state index in [2.05, 4.69) is 5.32 Å². The first-order chi connectivity index (χ1) is 8.40. The Hall–Kier alpha value is -2.41. The van der Waals surface area contributed by atoms with E-state index in [1.54, 1.807) is 0 Å². The van der Waals surface area contributed by atoms with Crippen molar-refractivity contribution >= 4 is 34.9 Å². The molecule has 0 saturated heterocycles. The molecule has 0 aliphatic heterocycles. The fourth-order valence-corrected chi connectivity index (χ4v) is 1.26. The fourth-order valence-electron chi connectivity index (χ4n) is 1.04.